The van der Waals surface area contributed by atoms with Crippen molar-refractivity contribution in [2.45, 2.75) is 26.8 Å². The molecular formula is C9H14IN. The number of hydrogen-bond donors (Lipinski definition) is 0. The summed E-state index contributed by atoms with van der Waals surface area (Å²) in [7, 11) is 0. The molecule has 0 amide bonds. The van der Waals surface area contributed by atoms with Crippen molar-refractivity contribution in [1.82, 2.24) is 0 Å². The van der Waals surface area contributed by atoms with Gasteiger partial charge in [-0.05, 0) is 6.92 Å². The lowest BCUT2D eigenvalue weighted by Crippen LogP contribution is -3.00. The smallest absolute Gasteiger partial charge is 0.181 e. The van der Waals surface area contributed by atoms with Gasteiger partial charge in [-0.2, -0.15) is 0 Å². The Bertz CT molecular complexity index is 187. The molecule has 0 saturated carbocycles. The molecular weight excluding hydrogens is 249 g/mol. The summed E-state index contributed by atoms with van der Waals surface area (Å²) in [5.74, 6) is 0. The fourth-order valence-corrected chi connectivity index (χ4v) is 1.14. The topological polar surface area (TPSA) is 3.88 Å². The van der Waals surface area contributed by atoms with Gasteiger partial charge in [0.05, 0.1) is 0 Å². The van der Waals surface area contributed by atoms with E-state index in [0.29, 0.717) is 0 Å². The highest BCUT2D eigenvalue weighted by Crippen LogP contribution is 1.90. The zero-order chi connectivity index (χ0) is 7.40. The predicted molar refractivity (Wildman–Crippen MR) is 41.7 cm³/mol. The maximum Gasteiger partial charge on any atom is 0.181 e. The van der Waals surface area contributed by atoms with Gasteiger partial charge in [0.2, 0.25) is 0 Å². The molecule has 0 aliphatic carbocycles. The van der Waals surface area contributed by atoms with Crippen LogP contribution in [-0.4, -0.2) is 0 Å². The first kappa shape index (κ1) is 10.9. The van der Waals surface area contributed by atoms with Gasteiger partial charge in [0.25, 0.3) is 0 Å². The number of nitrogens with zero attached hydrogens (tertiary/aromatic N) is 1. The second-order valence-corrected chi connectivity index (χ2v) is 2.33. The van der Waals surface area contributed by atoms with Gasteiger partial charge in [0.1, 0.15) is 6.54 Å². The van der Waals surface area contributed by atoms with Crippen molar-refractivity contribution in [3.05, 3.63) is 30.1 Å². The van der Waals surface area contributed by atoms with Gasteiger partial charge in [-0.15, -0.1) is 0 Å². The van der Waals surface area contributed by atoms with Crippen molar-refractivity contribution < 1.29 is 28.5 Å². The molecule has 0 aliphatic heterocycles. The van der Waals surface area contributed by atoms with Crippen LogP contribution in [0.2, 0.25) is 0 Å². The minimum atomic E-state index is 0. The molecule has 0 atom stereocenters. The number of aromatic nitrogens is 1. The molecule has 0 bridgehead atoms. The molecule has 0 aliphatic rings. The van der Waals surface area contributed by atoms with Crippen molar-refractivity contribution >= 4 is 0 Å². The molecule has 0 unspecified atom stereocenters. The Morgan fingerprint density at radius 1 is 1.27 bits per heavy atom. The summed E-state index contributed by atoms with van der Waals surface area (Å²) in [5, 5.41) is 0. The van der Waals surface area contributed by atoms with Gasteiger partial charge in [-0.1, -0.05) is 13.0 Å². The van der Waals surface area contributed by atoms with Crippen LogP contribution in [0.25, 0.3) is 0 Å². The number of pyridine rings is 1. The van der Waals surface area contributed by atoms with Crippen LogP contribution < -0.4 is 28.5 Å². The van der Waals surface area contributed by atoms with Crippen molar-refractivity contribution in [3.8, 4) is 0 Å². The van der Waals surface area contributed by atoms with E-state index < -0.39 is 0 Å². The SMILES string of the molecule is CCc1cccc[n+]1CC.[I-]. The third-order valence-electron chi connectivity index (χ3n) is 1.74. The van der Waals surface area contributed by atoms with Gasteiger partial charge in [0.15, 0.2) is 11.9 Å². The summed E-state index contributed by atoms with van der Waals surface area (Å²) < 4.78 is 2.26. The van der Waals surface area contributed by atoms with Crippen LogP contribution in [0.4, 0.5) is 0 Å². The largest absolute Gasteiger partial charge is 1.00 e. The summed E-state index contributed by atoms with van der Waals surface area (Å²) >= 11 is 0. The Hall–Kier alpha value is -0.120. The minimum Gasteiger partial charge on any atom is -1.00 e. The summed E-state index contributed by atoms with van der Waals surface area (Å²) in [6.07, 6.45) is 3.24. The predicted octanol–water partition coefficient (Wildman–Crippen LogP) is -1.44. The number of aryl methyl sites for hydroxylation is 2. The van der Waals surface area contributed by atoms with E-state index in [2.05, 4.69) is 42.8 Å². The first-order valence-corrected chi connectivity index (χ1v) is 3.85. The molecule has 1 heterocycles. The number of rotatable bonds is 2. The van der Waals surface area contributed by atoms with Crippen molar-refractivity contribution in [2.24, 2.45) is 0 Å². The fraction of sp³-hybridized carbons (Fsp3) is 0.444. The molecule has 0 aromatic carbocycles. The van der Waals surface area contributed by atoms with Crippen molar-refractivity contribution in [3.63, 3.8) is 0 Å². The van der Waals surface area contributed by atoms with Gasteiger partial charge in [0, 0.05) is 18.6 Å². The summed E-state index contributed by atoms with van der Waals surface area (Å²) in [5.41, 5.74) is 1.41. The summed E-state index contributed by atoms with van der Waals surface area (Å²) in [6.45, 7) is 5.42. The van der Waals surface area contributed by atoms with E-state index >= 15 is 0 Å². The molecule has 62 valence electrons. The van der Waals surface area contributed by atoms with Crippen molar-refractivity contribution in [2.75, 3.05) is 0 Å². The lowest BCUT2D eigenvalue weighted by molar-refractivity contribution is -0.700. The van der Waals surface area contributed by atoms with E-state index in [4.69, 9.17) is 0 Å². The number of hydrogen-bond acceptors (Lipinski definition) is 0. The zero-order valence-electron chi connectivity index (χ0n) is 7.05. The highest BCUT2D eigenvalue weighted by molar-refractivity contribution is 4.96. The molecule has 1 aromatic rings. The third kappa shape index (κ3) is 2.77. The first-order chi connectivity index (χ1) is 4.88. The third-order valence-corrected chi connectivity index (χ3v) is 1.74. The average Bonchev–Trinajstić information content (AvgIpc) is 2.04. The highest BCUT2D eigenvalue weighted by atomic mass is 127. The maximum atomic E-state index is 2.26. The van der Waals surface area contributed by atoms with Gasteiger partial charge >= 0.3 is 0 Å². The standard InChI is InChI=1S/C9H14N.HI/c1-3-9-7-5-6-8-10(9)4-2;/h5-8H,3-4H2,1-2H3;1H/q+1;/p-1. The van der Waals surface area contributed by atoms with Crippen LogP contribution in [0.15, 0.2) is 24.4 Å². The highest BCUT2D eigenvalue weighted by Gasteiger charge is 2.01. The van der Waals surface area contributed by atoms with E-state index in [-0.39, 0.29) is 24.0 Å². The monoisotopic (exact) mass is 263 g/mol. The van der Waals surface area contributed by atoms with E-state index in [1.165, 1.54) is 5.69 Å². The number of halogens is 1. The summed E-state index contributed by atoms with van der Waals surface area (Å²) in [6, 6.07) is 6.33. The molecule has 1 aromatic heterocycles. The summed E-state index contributed by atoms with van der Waals surface area (Å²) in [4.78, 5) is 0. The van der Waals surface area contributed by atoms with Crippen LogP contribution in [0.3, 0.4) is 0 Å². The Labute approximate surface area is 85.5 Å². The second-order valence-electron chi connectivity index (χ2n) is 2.33. The molecule has 0 spiro atoms. The molecule has 2 heteroatoms. The Balaban J connectivity index is 0.000001000. The maximum absolute atomic E-state index is 2.26. The van der Waals surface area contributed by atoms with Gasteiger partial charge in [-0.3, -0.25) is 0 Å². The van der Waals surface area contributed by atoms with Gasteiger partial charge < -0.3 is 24.0 Å². The van der Waals surface area contributed by atoms with E-state index in [0.717, 1.165) is 13.0 Å². The van der Waals surface area contributed by atoms with Crippen LogP contribution >= 0.6 is 0 Å². The second kappa shape index (κ2) is 5.52. The molecule has 0 saturated heterocycles. The Kier molecular flexibility index (Phi) is 5.46. The molecule has 1 rings (SSSR count). The van der Waals surface area contributed by atoms with E-state index in [1.54, 1.807) is 0 Å². The first-order valence-electron chi connectivity index (χ1n) is 3.85. The van der Waals surface area contributed by atoms with Gasteiger partial charge in [-0.25, -0.2) is 4.57 Å². The fourth-order valence-electron chi connectivity index (χ4n) is 1.14. The van der Waals surface area contributed by atoms with E-state index in [9.17, 15) is 0 Å². The minimum absolute atomic E-state index is 0. The quantitative estimate of drug-likeness (QED) is 0.454. The van der Waals surface area contributed by atoms with Crippen LogP contribution in [0.1, 0.15) is 19.5 Å². The van der Waals surface area contributed by atoms with Crippen molar-refractivity contribution in [1.29, 1.82) is 0 Å². The molecule has 0 radical (unpaired) electrons. The normalized spacial score (nSPS) is 8.91. The van der Waals surface area contributed by atoms with Crippen LogP contribution in [0, 0.1) is 0 Å². The lowest BCUT2D eigenvalue weighted by Gasteiger charge is -1.96. The van der Waals surface area contributed by atoms with E-state index in [1.807, 2.05) is 0 Å². The Morgan fingerprint density at radius 2 is 2.00 bits per heavy atom. The lowest BCUT2D eigenvalue weighted by atomic mass is 10.3. The average molecular weight is 263 g/mol. The molecule has 0 N–H and O–H groups in total. The Morgan fingerprint density at radius 3 is 2.45 bits per heavy atom. The van der Waals surface area contributed by atoms with Crippen LogP contribution in [0.5, 0.6) is 0 Å². The van der Waals surface area contributed by atoms with Crippen LogP contribution in [-0.2, 0) is 13.0 Å². The molecule has 11 heavy (non-hydrogen) atoms. The molecule has 1 nitrogen and oxygen atoms in total. The zero-order valence-corrected chi connectivity index (χ0v) is 9.21. The molecule has 0 fully saturated rings.